The van der Waals surface area contributed by atoms with Crippen molar-refractivity contribution in [1.29, 1.82) is 0 Å². The Hall–Kier alpha value is -2.71. The van der Waals surface area contributed by atoms with Gasteiger partial charge in [-0.1, -0.05) is 26.8 Å². The molecule has 0 aromatic heterocycles. The molecule has 3 rings (SSSR count). The SMILES string of the molecule is CCN(CC)S(=O)(=O)c1cc(NC(=O)c2ccc(NC(=O)C3CC3C)cc2)ccc1C. The van der Waals surface area contributed by atoms with Crippen LogP contribution >= 0.6 is 0 Å². The Bertz CT molecular complexity index is 1080. The first-order valence-electron chi connectivity index (χ1n) is 10.5. The highest BCUT2D eigenvalue weighted by atomic mass is 32.2. The second-order valence-electron chi connectivity index (χ2n) is 7.91. The summed E-state index contributed by atoms with van der Waals surface area (Å²) in [5.41, 5.74) is 2.08. The largest absolute Gasteiger partial charge is 0.326 e. The molecule has 0 radical (unpaired) electrons. The van der Waals surface area contributed by atoms with Crippen LogP contribution < -0.4 is 10.6 Å². The van der Waals surface area contributed by atoms with Crippen molar-refractivity contribution in [2.45, 2.75) is 39.0 Å². The fourth-order valence-electron chi connectivity index (χ4n) is 3.49. The van der Waals surface area contributed by atoms with Crippen LogP contribution in [0.25, 0.3) is 0 Å². The smallest absolute Gasteiger partial charge is 0.255 e. The molecule has 166 valence electrons. The molecule has 1 saturated carbocycles. The number of sulfonamides is 1. The zero-order valence-electron chi connectivity index (χ0n) is 18.3. The zero-order valence-corrected chi connectivity index (χ0v) is 19.1. The summed E-state index contributed by atoms with van der Waals surface area (Å²) in [5.74, 6) is 0.149. The molecule has 31 heavy (non-hydrogen) atoms. The van der Waals surface area contributed by atoms with E-state index in [-0.39, 0.29) is 22.6 Å². The van der Waals surface area contributed by atoms with Crippen molar-refractivity contribution in [1.82, 2.24) is 4.31 Å². The molecule has 2 aromatic rings. The summed E-state index contributed by atoms with van der Waals surface area (Å²) in [6.45, 7) is 8.10. The highest BCUT2D eigenvalue weighted by Gasteiger charge is 2.39. The molecule has 8 heteroatoms. The summed E-state index contributed by atoms with van der Waals surface area (Å²) in [7, 11) is -3.64. The first-order valence-corrected chi connectivity index (χ1v) is 11.9. The summed E-state index contributed by atoms with van der Waals surface area (Å²) in [6, 6.07) is 11.5. The van der Waals surface area contributed by atoms with E-state index in [1.807, 2.05) is 6.92 Å². The molecule has 2 unspecified atom stereocenters. The second-order valence-corrected chi connectivity index (χ2v) is 9.82. The van der Waals surface area contributed by atoms with Gasteiger partial charge in [0.1, 0.15) is 0 Å². The Morgan fingerprint density at radius 2 is 1.58 bits per heavy atom. The van der Waals surface area contributed by atoms with Crippen LogP contribution in [0, 0.1) is 18.8 Å². The van der Waals surface area contributed by atoms with E-state index in [1.54, 1.807) is 57.2 Å². The minimum atomic E-state index is -3.64. The predicted octanol–water partition coefficient (Wildman–Crippen LogP) is 3.87. The van der Waals surface area contributed by atoms with E-state index in [4.69, 9.17) is 0 Å². The third kappa shape index (κ3) is 5.14. The van der Waals surface area contributed by atoms with Crippen LogP contribution in [-0.2, 0) is 14.8 Å². The van der Waals surface area contributed by atoms with Gasteiger partial charge in [0.15, 0.2) is 0 Å². The number of aryl methyl sites for hydroxylation is 1. The van der Waals surface area contributed by atoms with Crippen molar-refractivity contribution in [3.05, 3.63) is 53.6 Å². The Morgan fingerprint density at radius 3 is 2.13 bits per heavy atom. The monoisotopic (exact) mass is 443 g/mol. The Balaban J connectivity index is 1.72. The van der Waals surface area contributed by atoms with Gasteiger partial charge in [0.05, 0.1) is 4.90 Å². The lowest BCUT2D eigenvalue weighted by Gasteiger charge is -2.20. The number of hydrogen-bond donors (Lipinski definition) is 2. The lowest BCUT2D eigenvalue weighted by atomic mass is 10.1. The number of rotatable bonds is 8. The van der Waals surface area contributed by atoms with Gasteiger partial charge in [-0.2, -0.15) is 4.31 Å². The third-order valence-corrected chi connectivity index (χ3v) is 7.82. The zero-order chi connectivity index (χ0) is 22.8. The van der Waals surface area contributed by atoms with Crippen molar-refractivity contribution in [2.24, 2.45) is 11.8 Å². The number of anilines is 2. The first-order chi connectivity index (χ1) is 14.7. The molecule has 1 aliphatic carbocycles. The number of carbonyl (C=O) groups excluding carboxylic acids is 2. The molecule has 2 atom stereocenters. The molecule has 0 saturated heterocycles. The minimum absolute atomic E-state index is 0.00583. The Labute approximate surface area is 183 Å². The van der Waals surface area contributed by atoms with Crippen molar-refractivity contribution in [2.75, 3.05) is 23.7 Å². The minimum Gasteiger partial charge on any atom is -0.326 e. The molecule has 0 bridgehead atoms. The lowest BCUT2D eigenvalue weighted by Crippen LogP contribution is -2.31. The first kappa shape index (κ1) is 23.0. The summed E-state index contributed by atoms with van der Waals surface area (Å²) in [4.78, 5) is 24.9. The summed E-state index contributed by atoms with van der Waals surface area (Å²) >= 11 is 0. The van der Waals surface area contributed by atoms with Crippen LogP contribution in [0.15, 0.2) is 47.4 Å². The number of benzene rings is 2. The van der Waals surface area contributed by atoms with E-state index in [0.29, 0.717) is 41.5 Å². The average Bonchev–Trinajstić information content (AvgIpc) is 3.47. The van der Waals surface area contributed by atoms with Crippen LogP contribution in [0.5, 0.6) is 0 Å². The molecular formula is C23H29N3O4S. The summed E-state index contributed by atoms with van der Waals surface area (Å²) in [5, 5.41) is 5.62. The molecule has 0 aliphatic heterocycles. The van der Waals surface area contributed by atoms with Gasteiger partial charge < -0.3 is 10.6 Å². The van der Waals surface area contributed by atoms with Gasteiger partial charge in [0, 0.05) is 35.9 Å². The van der Waals surface area contributed by atoms with Gasteiger partial charge in [-0.25, -0.2) is 8.42 Å². The number of nitrogens with one attached hydrogen (secondary N) is 2. The Kier molecular flexibility index (Phi) is 6.81. The van der Waals surface area contributed by atoms with Crippen molar-refractivity contribution < 1.29 is 18.0 Å². The van der Waals surface area contributed by atoms with Crippen molar-refractivity contribution in [3.63, 3.8) is 0 Å². The van der Waals surface area contributed by atoms with Gasteiger partial charge in [0.2, 0.25) is 15.9 Å². The van der Waals surface area contributed by atoms with Gasteiger partial charge in [-0.15, -0.1) is 0 Å². The number of hydrogen-bond acceptors (Lipinski definition) is 4. The quantitative estimate of drug-likeness (QED) is 0.647. The van der Waals surface area contributed by atoms with Gasteiger partial charge >= 0.3 is 0 Å². The van der Waals surface area contributed by atoms with Gasteiger partial charge in [-0.3, -0.25) is 9.59 Å². The van der Waals surface area contributed by atoms with E-state index in [0.717, 1.165) is 6.42 Å². The fourth-order valence-corrected chi connectivity index (χ4v) is 5.20. The highest BCUT2D eigenvalue weighted by molar-refractivity contribution is 7.89. The van der Waals surface area contributed by atoms with E-state index in [9.17, 15) is 18.0 Å². The molecule has 1 fully saturated rings. The van der Waals surface area contributed by atoms with Gasteiger partial charge in [0.25, 0.3) is 5.91 Å². The van der Waals surface area contributed by atoms with E-state index in [1.165, 1.54) is 10.4 Å². The maximum absolute atomic E-state index is 12.9. The van der Waals surface area contributed by atoms with E-state index in [2.05, 4.69) is 10.6 Å². The average molecular weight is 444 g/mol. The standard InChI is InChI=1S/C23H29N3O4S/c1-5-26(6-2)31(29,30)21-14-19(10-7-15(21)3)25-22(27)17-8-11-18(12-9-17)24-23(28)20-13-16(20)4/h7-12,14,16,20H,5-6,13H2,1-4H3,(H,24,28)(H,25,27). The number of carbonyl (C=O) groups is 2. The molecule has 7 nitrogen and oxygen atoms in total. The third-order valence-electron chi connectivity index (χ3n) is 5.63. The second kappa shape index (κ2) is 9.20. The molecule has 2 amide bonds. The maximum atomic E-state index is 12.9. The summed E-state index contributed by atoms with van der Waals surface area (Å²) in [6.07, 6.45) is 0.912. The predicted molar refractivity (Wildman–Crippen MR) is 122 cm³/mol. The van der Waals surface area contributed by atoms with Gasteiger partial charge in [-0.05, 0) is 61.2 Å². The maximum Gasteiger partial charge on any atom is 0.255 e. The lowest BCUT2D eigenvalue weighted by molar-refractivity contribution is -0.117. The van der Waals surface area contributed by atoms with Crippen LogP contribution in [-0.4, -0.2) is 37.6 Å². The topological polar surface area (TPSA) is 95.6 Å². The molecule has 1 aliphatic rings. The van der Waals surface area contributed by atoms with Crippen molar-refractivity contribution >= 4 is 33.2 Å². The normalized spacial score (nSPS) is 18.0. The van der Waals surface area contributed by atoms with Crippen molar-refractivity contribution in [3.8, 4) is 0 Å². The molecule has 2 N–H and O–H groups in total. The fraction of sp³-hybridized carbons (Fsp3) is 0.391. The highest BCUT2D eigenvalue weighted by Crippen LogP contribution is 2.38. The number of nitrogens with zero attached hydrogens (tertiary/aromatic N) is 1. The summed E-state index contributed by atoms with van der Waals surface area (Å²) < 4.78 is 27.2. The van der Waals surface area contributed by atoms with Crippen LogP contribution in [0.3, 0.4) is 0 Å². The Morgan fingerprint density at radius 1 is 1.00 bits per heavy atom. The number of amides is 2. The van der Waals surface area contributed by atoms with Crippen LogP contribution in [0.2, 0.25) is 0 Å². The van der Waals surface area contributed by atoms with Crippen LogP contribution in [0.1, 0.15) is 43.1 Å². The van der Waals surface area contributed by atoms with E-state index < -0.39 is 10.0 Å². The molecular weight excluding hydrogens is 414 g/mol. The van der Waals surface area contributed by atoms with Crippen LogP contribution in [0.4, 0.5) is 11.4 Å². The molecule has 2 aromatic carbocycles. The molecule has 0 spiro atoms. The molecule has 0 heterocycles. The van der Waals surface area contributed by atoms with E-state index >= 15 is 0 Å².